The summed E-state index contributed by atoms with van der Waals surface area (Å²) in [5.41, 5.74) is 4.67. The minimum Gasteiger partial charge on any atom is -0.497 e. The number of amides is 1. The molecule has 1 aromatic carbocycles. The van der Waals surface area contributed by atoms with Crippen molar-refractivity contribution in [2.75, 3.05) is 39.8 Å². The molecule has 0 radical (unpaired) electrons. The molecular weight excluding hydrogens is 460 g/mol. The molecular formula is C31H42N4O2. The Hall–Kier alpha value is -3.12. The van der Waals surface area contributed by atoms with Crippen LogP contribution in [0.3, 0.4) is 0 Å². The standard InChI is InChI=1S/C31H42N4O2/c1-4-6-21-34(22-7-5-2)31(36)26-17-23-35-29(24-26)28(12-11-20-33-18-9-8-10-19-33)30(32-35)25-13-15-27(37-3)16-14-25/h11-17,23-24H,4-10,18-22H2,1-3H3. The number of aromatic nitrogens is 2. The number of ether oxygens (including phenoxy) is 1. The van der Waals surface area contributed by atoms with Crippen molar-refractivity contribution in [3.63, 3.8) is 0 Å². The first-order valence-electron chi connectivity index (χ1n) is 14.0. The summed E-state index contributed by atoms with van der Waals surface area (Å²) in [7, 11) is 1.68. The summed E-state index contributed by atoms with van der Waals surface area (Å²) in [5, 5.41) is 4.93. The van der Waals surface area contributed by atoms with Crippen LogP contribution in [0.25, 0.3) is 22.9 Å². The van der Waals surface area contributed by atoms with Gasteiger partial charge in [0.05, 0.1) is 12.6 Å². The van der Waals surface area contributed by atoms with Crippen LogP contribution in [-0.2, 0) is 0 Å². The van der Waals surface area contributed by atoms with Crippen LogP contribution in [0, 0.1) is 0 Å². The van der Waals surface area contributed by atoms with Crippen LogP contribution in [0.5, 0.6) is 5.75 Å². The molecule has 37 heavy (non-hydrogen) atoms. The fourth-order valence-electron chi connectivity index (χ4n) is 4.98. The van der Waals surface area contributed by atoms with Crippen molar-refractivity contribution in [3.8, 4) is 17.0 Å². The van der Waals surface area contributed by atoms with Gasteiger partial charge < -0.3 is 9.64 Å². The van der Waals surface area contributed by atoms with E-state index < -0.39 is 0 Å². The smallest absolute Gasteiger partial charge is 0.253 e. The number of methoxy groups -OCH3 is 1. The van der Waals surface area contributed by atoms with Gasteiger partial charge in [0.1, 0.15) is 11.4 Å². The molecule has 1 saturated heterocycles. The summed E-state index contributed by atoms with van der Waals surface area (Å²) < 4.78 is 7.26. The van der Waals surface area contributed by atoms with Gasteiger partial charge in [-0.3, -0.25) is 9.69 Å². The second-order valence-corrected chi connectivity index (χ2v) is 10.00. The summed E-state index contributed by atoms with van der Waals surface area (Å²) in [6, 6.07) is 12.0. The monoisotopic (exact) mass is 502 g/mol. The third-order valence-electron chi connectivity index (χ3n) is 7.23. The van der Waals surface area contributed by atoms with Gasteiger partial charge in [0.2, 0.25) is 0 Å². The predicted octanol–water partition coefficient (Wildman–Crippen LogP) is 6.55. The number of piperidine rings is 1. The van der Waals surface area contributed by atoms with E-state index in [2.05, 4.69) is 30.9 Å². The van der Waals surface area contributed by atoms with Crippen LogP contribution in [0.1, 0.15) is 74.7 Å². The Morgan fingerprint density at radius 1 is 1.03 bits per heavy atom. The Labute approximate surface area is 221 Å². The van der Waals surface area contributed by atoms with Gasteiger partial charge in [-0.2, -0.15) is 5.10 Å². The molecule has 3 heterocycles. The highest BCUT2D eigenvalue weighted by Gasteiger charge is 2.19. The zero-order valence-electron chi connectivity index (χ0n) is 22.8. The summed E-state index contributed by atoms with van der Waals surface area (Å²) in [4.78, 5) is 18.1. The van der Waals surface area contributed by atoms with Crippen molar-refractivity contribution in [3.05, 3.63) is 59.8 Å². The van der Waals surface area contributed by atoms with E-state index in [4.69, 9.17) is 9.84 Å². The van der Waals surface area contributed by atoms with Gasteiger partial charge in [0, 0.05) is 42.5 Å². The SMILES string of the molecule is CCCCN(CCCC)C(=O)c1ccn2nc(-c3ccc(OC)cc3)c(C=CCN3CCCCC3)c2c1. The lowest BCUT2D eigenvalue weighted by molar-refractivity contribution is 0.0751. The highest BCUT2D eigenvalue weighted by Crippen LogP contribution is 2.30. The molecule has 0 bridgehead atoms. The second-order valence-electron chi connectivity index (χ2n) is 10.00. The summed E-state index contributed by atoms with van der Waals surface area (Å²) in [6.07, 6.45) is 14.5. The molecule has 0 spiro atoms. The van der Waals surface area contributed by atoms with Gasteiger partial charge in [-0.05, 0) is 75.2 Å². The molecule has 0 N–H and O–H groups in total. The Kier molecular flexibility index (Phi) is 9.78. The second kappa shape index (κ2) is 13.4. The van der Waals surface area contributed by atoms with Gasteiger partial charge in [-0.1, -0.05) is 45.3 Å². The van der Waals surface area contributed by atoms with Crippen molar-refractivity contribution in [1.29, 1.82) is 0 Å². The molecule has 1 amide bonds. The molecule has 0 atom stereocenters. The Morgan fingerprint density at radius 3 is 2.38 bits per heavy atom. The lowest BCUT2D eigenvalue weighted by Crippen LogP contribution is -2.33. The number of rotatable bonds is 12. The summed E-state index contributed by atoms with van der Waals surface area (Å²) in [6.45, 7) is 9.20. The van der Waals surface area contributed by atoms with Crippen molar-refractivity contribution in [2.45, 2.75) is 58.8 Å². The first kappa shape index (κ1) is 26.9. The lowest BCUT2D eigenvalue weighted by Gasteiger charge is -2.24. The largest absolute Gasteiger partial charge is 0.497 e. The Bertz CT molecular complexity index is 1170. The van der Waals surface area contributed by atoms with Gasteiger partial charge in [0.15, 0.2) is 0 Å². The first-order valence-corrected chi connectivity index (χ1v) is 14.0. The van der Waals surface area contributed by atoms with Gasteiger partial charge in [0.25, 0.3) is 5.91 Å². The van der Waals surface area contributed by atoms with E-state index in [9.17, 15) is 4.79 Å². The van der Waals surface area contributed by atoms with Crippen LogP contribution >= 0.6 is 0 Å². The van der Waals surface area contributed by atoms with Crippen molar-refractivity contribution >= 4 is 17.5 Å². The maximum Gasteiger partial charge on any atom is 0.253 e. The van der Waals surface area contributed by atoms with E-state index in [0.29, 0.717) is 0 Å². The van der Waals surface area contributed by atoms with Crippen molar-refractivity contribution in [2.24, 2.45) is 0 Å². The highest BCUT2D eigenvalue weighted by molar-refractivity contribution is 5.96. The maximum absolute atomic E-state index is 13.5. The number of fused-ring (bicyclic) bond motifs is 1. The molecule has 1 aliphatic rings. The molecule has 3 aromatic rings. The number of nitrogens with zero attached hydrogens (tertiary/aromatic N) is 4. The molecule has 6 heteroatoms. The zero-order valence-corrected chi connectivity index (χ0v) is 22.8. The first-order chi connectivity index (χ1) is 18.1. The average molecular weight is 503 g/mol. The van der Waals surface area contributed by atoms with E-state index >= 15 is 0 Å². The van der Waals surface area contributed by atoms with Gasteiger partial charge in [-0.25, -0.2) is 4.52 Å². The molecule has 6 nitrogen and oxygen atoms in total. The predicted molar refractivity (Wildman–Crippen MR) is 152 cm³/mol. The molecule has 2 aromatic heterocycles. The van der Waals surface area contributed by atoms with E-state index in [-0.39, 0.29) is 5.91 Å². The van der Waals surface area contributed by atoms with Crippen LogP contribution in [-0.4, -0.2) is 65.2 Å². The number of unbranched alkanes of at least 4 members (excludes halogenated alkanes) is 2. The van der Waals surface area contributed by atoms with Crippen LogP contribution in [0.2, 0.25) is 0 Å². The maximum atomic E-state index is 13.5. The minimum atomic E-state index is 0.111. The van der Waals surface area contributed by atoms with Crippen LogP contribution < -0.4 is 4.74 Å². The number of hydrogen-bond donors (Lipinski definition) is 0. The van der Waals surface area contributed by atoms with Gasteiger partial charge in [-0.15, -0.1) is 0 Å². The van der Waals surface area contributed by atoms with Crippen molar-refractivity contribution in [1.82, 2.24) is 19.4 Å². The Morgan fingerprint density at radius 2 is 1.73 bits per heavy atom. The number of likely N-dealkylation sites (tertiary alicyclic amines) is 1. The van der Waals surface area contributed by atoms with E-state index in [1.165, 1.54) is 19.3 Å². The molecule has 0 unspecified atom stereocenters. The van der Waals surface area contributed by atoms with Crippen LogP contribution in [0.15, 0.2) is 48.7 Å². The highest BCUT2D eigenvalue weighted by atomic mass is 16.5. The molecule has 4 rings (SSSR count). The average Bonchev–Trinajstić information content (AvgIpc) is 3.31. The zero-order chi connectivity index (χ0) is 26.0. The summed E-state index contributed by atoms with van der Waals surface area (Å²) in [5.74, 6) is 0.932. The molecule has 0 aliphatic carbocycles. The van der Waals surface area contributed by atoms with Crippen LogP contribution in [0.4, 0.5) is 0 Å². The lowest BCUT2D eigenvalue weighted by atomic mass is 10.0. The third kappa shape index (κ3) is 6.80. The molecule has 198 valence electrons. The number of carbonyl (C=O) groups excluding carboxylic acids is 1. The third-order valence-corrected chi connectivity index (χ3v) is 7.23. The van der Waals surface area contributed by atoms with E-state index in [0.717, 1.165) is 92.1 Å². The quantitative estimate of drug-likeness (QED) is 0.282. The fourth-order valence-corrected chi connectivity index (χ4v) is 4.98. The summed E-state index contributed by atoms with van der Waals surface area (Å²) >= 11 is 0. The normalized spacial score (nSPS) is 14.5. The molecule has 1 aliphatic heterocycles. The van der Waals surface area contributed by atoms with E-state index in [1.807, 2.05) is 52.0 Å². The minimum absolute atomic E-state index is 0.111. The van der Waals surface area contributed by atoms with Crippen molar-refractivity contribution < 1.29 is 9.53 Å². The number of pyridine rings is 1. The number of benzene rings is 1. The number of carbonyl (C=O) groups is 1. The Balaban J connectivity index is 1.70. The molecule has 0 saturated carbocycles. The number of hydrogen-bond acceptors (Lipinski definition) is 4. The van der Waals surface area contributed by atoms with E-state index in [1.54, 1.807) is 7.11 Å². The molecule has 1 fully saturated rings. The topological polar surface area (TPSA) is 50.1 Å². The van der Waals surface area contributed by atoms with Gasteiger partial charge >= 0.3 is 0 Å². The fraction of sp³-hybridized carbons (Fsp3) is 0.484.